The molecule has 8 rings (SSSR count). The van der Waals surface area contributed by atoms with Crippen LogP contribution >= 0.6 is 15.6 Å². The number of unbranched alkanes of at least 4 members (excludes halogenated alkanes) is 24. The van der Waals surface area contributed by atoms with Crippen molar-refractivity contribution in [1.29, 1.82) is 0 Å². The van der Waals surface area contributed by atoms with Crippen LogP contribution in [0, 0.1) is 0 Å². The third kappa shape index (κ3) is 34.8. The number of benzene rings is 7. The van der Waals surface area contributed by atoms with Gasteiger partial charge in [0, 0.05) is 12.8 Å². The van der Waals surface area contributed by atoms with Crippen LogP contribution in [-0.2, 0) is 121 Å². The van der Waals surface area contributed by atoms with Gasteiger partial charge in [0.25, 0.3) is 0 Å². The monoisotopic (exact) mass is 1520 g/mol. The van der Waals surface area contributed by atoms with Gasteiger partial charge in [-0.3, -0.25) is 36.7 Å². The average molecular weight is 1520 g/mol. The van der Waals surface area contributed by atoms with Gasteiger partial charge in [-0.15, -0.1) is 0 Å². The van der Waals surface area contributed by atoms with Gasteiger partial charge in [0.15, 0.2) is 6.10 Å². The Bertz CT molecular complexity index is 3380. The molecule has 7 aromatic carbocycles. The Balaban J connectivity index is 1.14. The maximum Gasteiger partial charge on any atom is 0.475 e. The van der Waals surface area contributed by atoms with E-state index in [0.29, 0.717) is 29.5 Å². The van der Waals surface area contributed by atoms with Crippen LogP contribution in [0.5, 0.6) is 0 Å². The molecule has 3 unspecified atom stereocenters. The topological polar surface area (TPSA) is 179 Å². The summed E-state index contributed by atoms with van der Waals surface area (Å²) in [5.74, 6) is -0.966. The first-order valence-electron chi connectivity index (χ1n) is 40.3. The molecule has 1 fully saturated rings. The standard InChI is InChI=1S/C90H122O16P2/c1-3-5-7-9-11-13-15-17-19-21-23-25-48-64-83(91)95-73-82(104-84(92)65-49-26-24-22-20-18-16-14-12-10-8-6-4-2)74-103-108(94,102-72-81-62-46-33-47-63-81)106-90-87(98-68-77-54-38-29-39-55-77)85(96-66-75-50-34-27-35-51-75)89(86(97-67-76-52-36-28-37-53-76)88(90)99-69-78-56-40-30-41-57-78)105-107(93,100-70-79-58-42-31-43-59-79)101-71-80-60-44-32-45-61-80/h27-47,50-63,82,85-90H,3-26,48-49,64-74H2,1-2H3/t82-,85-,86+,87-,88-,89?,90?,108?/m1/s1. The summed E-state index contributed by atoms with van der Waals surface area (Å²) < 4.78 is 114. The second-order valence-corrected chi connectivity index (χ2v) is 31.7. The van der Waals surface area contributed by atoms with Gasteiger partial charge in [0.05, 0.1) is 52.9 Å². The Hall–Kier alpha value is -6.46. The molecule has 0 spiro atoms. The van der Waals surface area contributed by atoms with Crippen molar-refractivity contribution < 1.29 is 74.3 Å². The van der Waals surface area contributed by atoms with E-state index in [1.807, 2.05) is 212 Å². The quantitative estimate of drug-likeness (QED) is 0.0199. The van der Waals surface area contributed by atoms with Gasteiger partial charge in [0.1, 0.15) is 43.2 Å². The molecule has 0 aromatic heterocycles. The zero-order valence-electron chi connectivity index (χ0n) is 64.3. The third-order valence-electron chi connectivity index (χ3n) is 19.4. The first-order chi connectivity index (χ1) is 53.1. The number of hydrogen-bond donors (Lipinski definition) is 0. The zero-order chi connectivity index (χ0) is 75.6. The summed E-state index contributed by atoms with van der Waals surface area (Å²) in [6.07, 6.45) is 20.6. The molecule has 0 bridgehead atoms. The smallest absolute Gasteiger partial charge is 0.462 e. The highest BCUT2D eigenvalue weighted by Crippen LogP contribution is 2.58. The molecule has 0 heterocycles. The summed E-state index contributed by atoms with van der Waals surface area (Å²) in [6, 6.07) is 65.9. The van der Waals surface area contributed by atoms with Crippen LogP contribution in [-0.4, -0.2) is 67.9 Å². The largest absolute Gasteiger partial charge is 0.475 e. The van der Waals surface area contributed by atoms with E-state index in [0.717, 1.165) is 67.2 Å². The van der Waals surface area contributed by atoms with Crippen LogP contribution in [0.2, 0.25) is 0 Å². The lowest BCUT2D eigenvalue weighted by molar-refractivity contribution is -0.268. The fourth-order valence-corrected chi connectivity index (χ4v) is 16.0. The van der Waals surface area contributed by atoms with Gasteiger partial charge < -0.3 is 28.4 Å². The molecule has 16 nitrogen and oxygen atoms in total. The Labute approximate surface area is 645 Å². The van der Waals surface area contributed by atoms with E-state index < -0.39 is 83.5 Å². The van der Waals surface area contributed by atoms with Crippen LogP contribution in [0.1, 0.15) is 233 Å². The number of ether oxygens (including phenoxy) is 6. The summed E-state index contributed by atoms with van der Waals surface area (Å²) >= 11 is 0. The SMILES string of the molecule is CCCCCCCCCCCCCCCC(=O)OC[C@H](COP(=O)(OCc1ccccc1)OC1[C@H](OCc2ccccc2)[C@H](OCc2ccccc2)C(OP(=O)(OCc2ccccc2)OCc2ccccc2)[C@H](OCc2ccccc2)[C@H]1OCc1ccccc1)OC(=O)CCCCCCCCCCCCCCC. The molecule has 1 saturated carbocycles. The van der Waals surface area contributed by atoms with Crippen LogP contribution < -0.4 is 0 Å². The minimum Gasteiger partial charge on any atom is -0.462 e. The Morgan fingerprint density at radius 1 is 0.278 bits per heavy atom. The molecule has 0 aliphatic heterocycles. The molecule has 0 radical (unpaired) electrons. The Morgan fingerprint density at radius 2 is 0.509 bits per heavy atom. The fraction of sp³-hybridized carbons (Fsp3) is 0.511. The van der Waals surface area contributed by atoms with Crippen molar-refractivity contribution in [2.75, 3.05) is 13.2 Å². The summed E-state index contributed by atoms with van der Waals surface area (Å²) in [5.41, 5.74) is 5.08. The van der Waals surface area contributed by atoms with E-state index in [1.54, 1.807) is 0 Å². The van der Waals surface area contributed by atoms with Crippen molar-refractivity contribution in [2.45, 2.75) is 283 Å². The second kappa shape index (κ2) is 52.7. The summed E-state index contributed by atoms with van der Waals surface area (Å²) in [7, 11) is -9.84. The number of hydrogen-bond acceptors (Lipinski definition) is 16. The van der Waals surface area contributed by atoms with Crippen molar-refractivity contribution in [3.05, 3.63) is 251 Å². The highest BCUT2D eigenvalue weighted by atomic mass is 31.2. The average Bonchev–Trinajstić information content (AvgIpc) is 0.750. The van der Waals surface area contributed by atoms with Crippen molar-refractivity contribution >= 4 is 27.6 Å². The van der Waals surface area contributed by atoms with E-state index in [-0.39, 0.29) is 59.1 Å². The summed E-state index contributed by atoms with van der Waals surface area (Å²) in [5, 5.41) is 0. The van der Waals surface area contributed by atoms with Gasteiger partial charge >= 0.3 is 27.6 Å². The normalized spacial score (nSPS) is 17.4. The van der Waals surface area contributed by atoms with Crippen molar-refractivity contribution in [3.63, 3.8) is 0 Å². The highest BCUT2D eigenvalue weighted by Gasteiger charge is 2.59. The maximum absolute atomic E-state index is 16.7. The molecule has 8 atom stereocenters. The van der Waals surface area contributed by atoms with E-state index in [9.17, 15) is 9.59 Å². The zero-order valence-corrected chi connectivity index (χ0v) is 66.1. The molecule has 7 aromatic rings. The van der Waals surface area contributed by atoms with E-state index >= 15 is 9.13 Å². The van der Waals surface area contributed by atoms with Crippen molar-refractivity contribution in [2.24, 2.45) is 0 Å². The van der Waals surface area contributed by atoms with E-state index in [2.05, 4.69) is 13.8 Å². The second-order valence-electron chi connectivity index (χ2n) is 28.4. The van der Waals surface area contributed by atoms with E-state index in [4.69, 9.17) is 55.6 Å². The first-order valence-corrected chi connectivity index (χ1v) is 43.2. The Morgan fingerprint density at radius 3 is 0.778 bits per heavy atom. The van der Waals surface area contributed by atoms with Crippen LogP contribution in [0.25, 0.3) is 0 Å². The minimum atomic E-state index is -5.06. The minimum absolute atomic E-state index is 0.0482. The molecule has 588 valence electrons. The molecule has 108 heavy (non-hydrogen) atoms. The number of carbonyl (C=O) groups is 2. The van der Waals surface area contributed by atoms with Crippen molar-refractivity contribution in [1.82, 2.24) is 0 Å². The predicted octanol–water partition coefficient (Wildman–Crippen LogP) is 23.4. The van der Waals surface area contributed by atoms with E-state index in [1.165, 1.54) is 109 Å². The first kappa shape index (κ1) is 87.1. The van der Waals surface area contributed by atoms with Gasteiger partial charge in [-0.25, -0.2) is 9.13 Å². The van der Waals surface area contributed by atoms with Crippen LogP contribution in [0.4, 0.5) is 0 Å². The molecule has 0 amide bonds. The van der Waals surface area contributed by atoms with Gasteiger partial charge in [0.2, 0.25) is 0 Å². The molecule has 1 aliphatic rings. The fourth-order valence-electron chi connectivity index (χ4n) is 13.2. The van der Waals surface area contributed by atoms with Crippen LogP contribution in [0.15, 0.2) is 212 Å². The lowest BCUT2D eigenvalue weighted by atomic mass is 9.84. The van der Waals surface area contributed by atoms with Crippen LogP contribution in [0.3, 0.4) is 0 Å². The summed E-state index contributed by atoms with van der Waals surface area (Å²) in [6.45, 7) is 2.67. The number of carbonyl (C=O) groups excluding carboxylic acids is 2. The van der Waals surface area contributed by atoms with Crippen molar-refractivity contribution in [3.8, 4) is 0 Å². The molecule has 18 heteroatoms. The number of phosphoric ester groups is 2. The summed E-state index contributed by atoms with van der Waals surface area (Å²) in [4.78, 5) is 27.8. The van der Waals surface area contributed by atoms with Gasteiger partial charge in [-0.1, -0.05) is 380 Å². The lowest BCUT2D eigenvalue weighted by Crippen LogP contribution is -2.67. The number of rotatable bonds is 59. The predicted molar refractivity (Wildman–Crippen MR) is 426 cm³/mol. The maximum atomic E-state index is 16.7. The Kier molecular flexibility index (Phi) is 42.5. The molecular formula is C90H122O16P2. The lowest BCUT2D eigenvalue weighted by Gasteiger charge is -2.50. The molecule has 1 aliphatic carbocycles. The van der Waals surface area contributed by atoms with Gasteiger partial charge in [-0.05, 0) is 51.8 Å². The molecule has 0 N–H and O–H groups in total. The highest BCUT2D eigenvalue weighted by molar-refractivity contribution is 7.48. The molecule has 0 saturated heterocycles. The third-order valence-corrected chi connectivity index (χ3v) is 22.2. The number of phosphoric acid groups is 2. The number of esters is 2. The van der Waals surface area contributed by atoms with Gasteiger partial charge in [-0.2, -0.15) is 0 Å². The molecular weight excluding hydrogens is 1400 g/mol.